The van der Waals surface area contributed by atoms with E-state index in [1.807, 2.05) is 0 Å². The maximum atomic E-state index is 12.2. The fraction of sp³-hybridized carbons (Fsp3) is 0.650. The fourth-order valence-corrected chi connectivity index (χ4v) is 3.87. The minimum Gasteiger partial charge on any atom is -0.381 e. The molecule has 0 radical (unpaired) electrons. The average molecular weight is 330 g/mol. The first-order valence-electron chi connectivity index (χ1n) is 9.36. The van der Waals surface area contributed by atoms with Gasteiger partial charge in [0, 0.05) is 25.7 Å². The van der Waals surface area contributed by atoms with E-state index in [2.05, 4.69) is 41.5 Å². The largest absolute Gasteiger partial charge is 0.381 e. The van der Waals surface area contributed by atoms with Gasteiger partial charge in [0.2, 0.25) is 5.91 Å². The molecule has 1 saturated carbocycles. The molecule has 2 aliphatic rings. The summed E-state index contributed by atoms with van der Waals surface area (Å²) in [7, 11) is 2.24. The van der Waals surface area contributed by atoms with Crippen LogP contribution in [0.25, 0.3) is 0 Å². The van der Waals surface area contributed by atoms with Gasteiger partial charge in [-0.25, -0.2) is 0 Å². The van der Waals surface area contributed by atoms with Crippen LogP contribution >= 0.6 is 0 Å². The summed E-state index contributed by atoms with van der Waals surface area (Å²) in [5.41, 5.74) is 2.56. The Hall–Kier alpha value is -1.39. The van der Waals surface area contributed by atoms with Gasteiger partial charge in [-0.15, -0.1) is 0 Å². The second kappa shape index (κ2) is 8.63. The van der Waals surface area contributed by atoms with Crippen LogP contribution in [-0.4, -0.2) is 37.1 Å². The molecular formula is C20H30N2O2. The highest BCUT2D eigenvalue weighted by Gasteiger charge is 2.23. The quantitative estimate of drug-likeness (QED) is 0.871. The smallest absolute Gasteiger partial charge is 0.225 e. The number of hydrogen-bond donors (Lipinski definition) is 1. The summed E-state index contributed by atoms with van der Waals surface area (Å²) in [5, 5.41) is 3.10. The van der Waals surface area contributed by atoms with E-state index in [9.17, 15) is 4.79 Å². The Morgan fingerprint density at radius 3 is 2.62 bits per heavy atom. The molecule has 0 unspecified atom stereocenters. The van der Waals surface area contributed by atoms with Crippen molar-refractivity contribution in [3.63, 3.8) is 0 Å². The van der Waals surface area contributed by atoms with Gasteiger partial charge in [-0.05, 0) is 37.4 Å². The molecule has 0 aromatic heterocycles. The van der Waals surface area contributed by atoms with Gasteiger partial charge in [-0.2, -0.15) is 0 Å². The van der Waals surface area contributed by atoms with E-state index in [-0.39, 0.29) is 11.8 Å². The van der Waals surface area contributed by atoms with Crippen molar-refractivity contribution in [3.8, 4) is 0 Å². The van der Waals surface area contributed by atoms with Crippen LogP contribution in [-0.2, 0) is 22.6 Å². The van der Waals surface area contributed by atoms with Gasteiger partial charge in [0.1, 0.15) is 0 Å². The van der Waals surface area contributed by atoms with E-state index < -0.39 is 0 Å². The van der Waals surface area contributed by atoms with Crippen LogP contribution in [0.5, 0.6) is 0 Å². The lowest BCUT2D eigenvalue weighted by atomic mass is 9.94. The fourth-order valence-electron chi connectivity index (χ4n) is 3.87. The van der Waals surface area contributed by atoms with Gasteiger partial charge in [0.05, 0.1) is 12.5 Å². The number of carbonyl (C=O) groups excluding carboxylic acids is 1. The molecule has 1 aromatic carbocycles. The Balaban J connectivity index is 1.56. The molecule has 0 spiro atoms. The molecule has 1 N–H and O–H groups in total. The summed E-state index contributed by atoms with van der Waals surface area (Å²) in [6.07, 6.45) is 7.58. The third kappa shape index (κ3) is 4.58. The SMILES string of the molecule is CN(Cc1ccccc1CNC(=O)[C@@H]1CCOC1)C1CCCCC1. The Labute approximate surface area is 145 Å². The van der Waals surface area contributed by atoms with Crippen molar-refractivity contribution in [2.75, 3.05) is 20.3 Å². The predicted octanol–water partition coefficient (Wildman–Crippen LogP) is 3.10. The standard InChI is InChI=1S/C20H30N2O2/c1-22(19-9-3-2-4-10-19)14-17-8-6-5-7-16(17)13-21-20(23)18-11-12-24-15-18/h5-8,18-19H,2-4,9-15H2,1H3,(H,21,23)/t18-/m1/s1. The molecule has 1 heterocycles. The lowest BCUT2D eigenvalue weighted by molar-refractivity contribution is -0.125. The van der Waals surface area contributed by atoms with Crippen molar-refractivity contribution >= 4 is 5.91 Å². The van der Waals surface area contributed by atoms with Crippen molar-refractivity contribution in [2.24, 2.45) is 5.92 Å². The monoisotopic (exact) mass is 330 g/mol. The molecular weight excluding hydrogens is 300 g/mol. The number of benzene rings is 1. The first-order chi connectivity index (χ1) is 11.7. The zero-order valence-corrected chi connectivity index (χ0v) is 14.8. The Morgan fingerprint density at radius 1 is 1.17 bits per heavy atom. The number of carbonyl (C=O) groups is 1. The first-order valence-corrected chi connectivity index (χ1v) is 9.36. The number of nitrogens with zero attached hydrogens (tertiary/aromatic N) is 1. The van der Waals surface area contributed by atoms with E-state index in [4.69, 9.17) is 4.74 Å². The van der Waals surface area contributed by atoms with Crippen LogP contribution in [0.2, 0.25) is 0 Å². The highest BCUT2D eigenvalue weighted by molar-refractivity contribution is 5.79. The van der Waals surface area contributed by atoms with E-state index in [0.29, 0.717) is 25.8 Å². The Kier molecular flexibility index (Phi) is 6.27. The molecule has 2 fully saturated rings. The molecule has 4 heteroatoms. The summed E-state index contributed by atoms with van der Waals surface area (Å²) in [6, 6.07) is 9.19. The maximum Gasteiger partial charge on any atom is 0.225 e. The van der Waals surface area contributed by atoms with Crippen LogP contribution in [0.3, 0.4) is 0 Å². The van der Waals surface area contributed by atoms with E-state index in [1.54, 1.807) is 0 Å². The van der Waals surface area contributed by atoms with E-state index in [1.165, 1.54) is 43.2 Å². The molecule has 1 atom stereocenters. The summed E-state index contributed by atoms with van der Waals surface area (Å²) >= 11 is 0. The van der Waals surface area contributed by atoms with Gasteiger partial charge >= 0.3 is 0 Å². The first kappa shape index (κ1) is 17.4. The van der Waals surface area contributed by atoms with Gasteiger partial charge in [0.25, 0.3) is 0 Å². The number of rotatable bonds is 6. The van der Waals surface area contributed by atoms with Crippen LogP contribution in [0.4, 0.5) is 0 Å². The minimum absolute atomic E-state index is 0.0297. The second-order valence-electron chi connectivity index (χ2n) is 7.25. The normalized spacial score (nSPS) is 22.0. The second-order valence-corrected chi connectivity index (χ2v) is 7.25. The number of ether oxygens (including phenoxy) is 1. The lowest BCUT2D eigenvalue weighted by Crippen LogP contribution is -2.34. The zero-order chi connectivity index (χ0) is 16.8. The van der Waals surface area contributed by atoms with Crippen LogP contribution < -0.4 is 5.32 Å². The topological polar surface area (TPSA) is 41.6 Å². The van der Waals surface area contributed by atoms with Crippen molar-refractivity contribution in [1.29, 1.82) is 0 Å². The van der Waals surface area contributed by atoms with Crippen molar-refractivity contribution in [3.05, 3.63) is 35.4 Å². The third-order valence-corrected chi connectivity index (χ3v) is 5.49. The van der Waals surface area contributed by atoms with Crippen LogP contribution in [0, 0.1) is 5.92 Å². The molecule has 1 aliphatic carbocycles. The number of nitrogens with one attached hydrogen (secondary N) is 1. The molecule has 1 saturated heterocycles. The predicted molar refractivity (Wildman–Crippen MR) is 95.6 cm³/mol. The van der Waals surface area contributed by atoms with Gasteiger partial charge in [-0.1, -0.05) is 43.5 Å². The van der Waals surface area contributed by atoms with Crippen molar-refractivity contribution in [2.45, 2.75) is 57.7 Å². The molecule has 0 bridgehead atoms. The molecule has 1 aromatic rings. The number of amides is 1. The van der Waals surface area contributed by atoms with Gasteiger partial charge in [0.15, 0.2) is 0 Å². The van der Waals surface area contributed by atoms with Gasteiger partial charge in [-0.3, -0.25) is 9.69 Å². The summed E-state index contributed by atoms with van der Waals surface area (Å²) < 4.78 is 5.31. The van der Waals surface area contributed by atoms with Crippen LogP contribution in [0.1, 0.15) is 49.7 Å². The summed E-state index contributed by atoms with van der Waals surface area (Å²) in [4.78, 5) is 14.7. The molecule has 132 valence electrons. The van der Waals surface area contributed by atoms with Gasteiger partial charge < -0.3 is 10.1 Å². The van der Waals surface area contributed by atoms with E-state index in [0.717, 1.165) is 13.0 Å². The molecule has 24 heavy (non-hydrogen) atoms. The molecule has 1 aliphatic heterocycles. The van der Waals surface area contributed by atoms with Crippen LogP contribution in [0.15, 0.2) is 24.3 Å². The Bertz CT molecular complexity index is 534. The third-order valence-electron chi connectivity index (χ3n) is 5.49. The van der Waals surface area contributed by atoms with E-state index >= 15 is 0 Å². The molecule has 1 amide bonds. The Morgan fingerprint density at radius 2 is 1.92 bits per heavy atom. The summed E-state index contributed by atoms with van der Waals surface area (Å²) in [6.45, 7) is 2.85. The summed E-state index contributed by atoms with van der Waals surface area (Å²) in [5.74, 6) is 0.157. The van der Waals surface area contributed by atoms with Crippen molar-refractivity contribution < 1.29 is 9.53 Å². The number of hydrogen-bond acceptors (Lipinski definition) is 3. The zero-order valence-electron chi connectivity index (χ0n) is 14.8. The van der Waals surface area contributed by atoms with Crippen molar-refractivity contribution in [1.82, 2.24) is 10.2 Å². The highest BCUT2D eigenvalue weighted by Crippen LogP contribution is 2.23. The highest BCUT2D eigenvalue weighted by atomic mass is 16.5. The lowest BCUT2D eigenvalue weighted by Gasteiger charge is -2.31. The minimum atomic E-state index is 0.0297. The maximum absolute atomic E-state index is 12.2. The average Bonchev–Trinajstić information content (AvgIpc) is 3.16. The molecule has 4 nitrogen and oxygen atoms in total. The molecule has 3 rings (SSSR count).